The van der Waals surface area contributed by atoms with Crippen molar-refractivity contribution in [3.05, 3.63) is 71.3 Å². The highest BCUT2D eigenvalue weighted by Gasteiger charge is 2.51. The quantitative estimate of drug-likeness (QED) is 0.467. The fourth-order valence-corrected chi connectivity index (χ4v) is 3.82. The van der Waals surface area contributed by atoms with Crippen molar-refractivity contribution in [3.8, 4) is 0 Å². The van der Waals surface area contributed by atoms with Crippen molar-refractivity contribution in [3.63, 3.8) is 0 Å². The highest BCUT2D eigenvalue weighted by molar-refractivity contribution is 6.07. The predicted octanol–water partition coefficient (Wildman–Crippen LogP) is 1.92. The molecule has 10 heteroatoms. The van der Waals surface area contributed by atoms with E-state index in [0.717, 1.165) is 4.90 Å². The molecule has 2 unspecified atom stereocenters. The number of nitrogens with zero attached hydrogens (tertiary/aromatic N) is 1. The molecule has 3 N–H and O–H groups in total. The zero-order valence-corrected chi connectivity index (χ0v) is 17.5. The smallest absolute Gasteiger partial charge is 0.338 e. The Balaban J connectivity index is 1.73. The molecular weight excluding hydrogens is 416 g/mol. The van der Waals surface area contributed by atoms with Gasteiger partial charge in [0, 0.05) is 0 Å². The minimum Gasteiger partial charge on any atom is -0.466 e. The van der Waals surface area contributed by atoms with E-state index < -0.39 is 35.5 Å². The topological polar surface area (TPSA) is 130 Å². The summed E-state index contributed by atoms with van der Waals surface area (Å²) < 4.78 is 10.5. The number of urea groups is 2. The van der Waals surface area contributed by atoms with Crippen LogP contribution >= 0.6 is 0 Å². The molecule has 1 aromatic heterocycles. The third-order valence-corrected chi connectivity index (χ3v) is 5.39. The van der Waals surface area contributed by atoms with Crippen molar-refractivity contribution in [2.45, 2.75) is 25.4 Å². The Labute approximate surface area is 183 Å². The van der Waals surface area contributed by atoms with Crippen LogP contribution in [0.5, 0.6) is 0 Å². The summed E-state index contributed by atoms with van der Waals surface area (Å²) in [5, 5.41) is 7.90. The second-order valence-corrected chi connectivity index (χ2v) is 7.48. The van der Waals surface area contributed by atoms with E-state index in [4.69, 9.17) is 9.15 Å². The maximum atomic E-state index is 13.2. The summed E-state index contributed by atoms with van der Waals surface area (Å²) in [5.74, 6) is -0.962. The largest absolute Gasteiger partial charge is 0.466 e. The van der Waals surface area contributed by atoms with Crippen molar-refractivity contribution >= 4 is 23.9 Å². The molecule has 2 aromatic rings. The summed E-state index contributed by atoms with van der Waals surface area (Å²) in [4.78, 5) is 52.1. The second kappa shape index (κ2) is 8.22. The maximum Gasteiger partial charge on any atom is 0.338 e. The van der Waals surface area contributed by atoms with Crippen LogP contribution in [-0.2, 0) is 19.9 Å². The lowest BCUT2D eigenvalue weighted by molar-refractivity contribution is -0.139. The number of benzene rings is 1. The third-order valence-electron chi connectivity index (χ3n) is 5.39. The number of ether oxygens (including phenoxy) is 1. The van der Waals surface area contributed by atoms with Gasteiger partial charge < -0.3 is 25.1 Å². The Morgan fingerprint density at radius 2 is 1.91 bits per heavy atom. The van der Waals surface area contributed by atoms with E-state index in [9.17, 15) is 19.2 Å². The molecule has 0 spiro atoms. The number of rotatable bonds is 6. The number of furan rings is 1. The number of imide groups is 1. The molecule has 2 atom stereocenters. The number of carbonyl (C=O) groups excluding carboxylic acids is 4. The molecule has 32 heavy (non-hydrogen) atoms. The minimum absolute atomic E-state index is 0.105. The molecule has 0 bridgehead atoms. The molecule has 1 saturated heterocycles. The number of hydrogen-bond donors (Lipinski definition) is 3. The normalized spacial score (nSPS) is 23.0. The molecule has 1 fully saturated rings. The number of nitrogens with one attached hydrogen (secondary N) is 3. The fraction of sp³-hybridized carbons (Fsp3) is 0.273. The average Bonchev–Trinajstić information content (AvgIpc) is 3.39. The average molecular weight is 438 g/mol. The molecular formula is C22H22N4O6. The van der Waals surface area contributed by atoms with Gasteiger partial charge in [-0.15, -0.1) is 0 Å². The van der Waals surface area contributed by atoms with Crippen molar-refractivity contribution in [2.75, 3.05) is 13.2 Å². The molecule has 3 heterocycles. The predicted molar refractivity (Wildman–Crippen MR) is 111 cm³/mol. The zero-order chi connectivity index (χ0) is 22.9. The van der Waals surface area contributed by atoms with Crippen LogP contribution in [0.3, 0.4) is 0 Å². The van der Waals surface area contributed by atoms with Crippen molar-refractivity contribution in [1.29, 1.82) is 0 Å². The van der Waals surface area contributed by atoms with Gasteiger partial charge in [-0.25, -0.2) is 14.4 Å². The van der Waals surface area contributed by atoms with Gasteiger partial charge in [-0.05, 0) is 31.5 Å². The van der Waals surface area contributed by atoms with Crippen LogP contribution in [0.15, 0.2) is 64.4 Å². The molecule has 0 radical (unpaired) electrons. The van der Waals surface area contributed by atoms with E-state index in [2.05, 4.69) is 16.0 Å². The van der Waals surface area contributed by atoms with E-state index in [-0.39, 0.29) is 30.2 Å². The van der Waals surface area contributed by atoms with Gasteiger partial charge in [-0.2, -0.15) is 0 Å². The fourth-order valence-electron chi connectivity index (χ4n) is 3.82. The number of hydrogen-bond acceptors (Lipinski definition) is 6. The molecule has 0 aliphatic carbocycles. The Bertz CT molecular complexity index is 1090. The zero-order valence-electron chi connectivity index (χ0n) is 17.5. The van der Waals surface area contributed by atoms with E-state index in [1.807, 2.05) is 6.07 Å². The lowest BCUT2D eigenvalue weighted by atomic mass is 9.94. The summed E-state index contributed by atoms with van der Waals surface area (Å²) in [7, 11) is 0. The van der Waals surface area contributed by atoms with Crippen LogP contribution in [0.4, 0.5) is 9.59 Å². The SMILES string of the molecule is CCOC(=O)C1=C(CN2C(=O)NC(C)(c3ccco3)C2=O)NC(=O)NC1c1ccccc1. The van der Waals surface area contributed by atoms with E-state index in [1.165, 1.54) is 13.2 Å². The lowest BCUT2D eigenvalue weighted by Gasteiger charge is -2.30. The van der Waals surface area contributed by atoms with Gasteiger partial charge in [0.15, 0.2) is 5.54 Å². The summed E-state index contributed by atoms with van der Waals surface area (Å²) in [6, 6.07) is 10.0. The van der Waals surface area contributed by atoms with Crippen LogP contribution in [0.1, 0.15) is 31.2 Å². The highest BCUT2D eigenvalue weighted by atomic mass is 16.5. The molecule has 0 saturated carbocycles. The van der Waals surface area contributed by atoms with Crippen molar-refractivity contribution in [1.82, 2.24) is 20.9 Å². The molecule has 2 aliphatic rings. The molecule has 2 aliphatic heterocycles. The van der Waals surface area contributed by atoms with Crippen LogP contribution < -0.4 is 16.0 Å². The maximum absolute atomic E-state index is 13.2. The van der Waals surface area contributed by atoms with Gasteiger partial charge in [-0.3, -0.25) is 9.69 Å². The van der Waals surface area contributed by atoms with E-state index >= 15 is 0 Å². The second-order valence-electron chi connectivity index (χ2n) is 7.48. The highest BCUT2D eigenvalue weighted by Crippen LogP contribution is 2.32. The van der Waals surface area contributed by atoms with Crippen LogP contribution in [0, 0.1) is 0 Å². The minimum atomic E-state index is -1.40. The van der Waals surface area contributed by atoms with Gasteiger partial charge in [0.05, 0.1) is 36.7 Å². The summed E-state index contributed by atoms with van der Waals surface area (Å²) in [5.41, 5.74) is -0.528. The monoisotopic (exact) mass is 438 g/mol. The van der Waals surface area contributed by atoms with E-state index in [1.54, 1.807) is 43.3 Å². The van der Waals surface area contributed by atoms with Crippen LogP contribution in [-0.4, -0.2) is 42.0 Å². The Kier molecular flexibility index (Phi) is 5.43. The first-order valence-electron chi connectivity index (χ1n) is 10.1. The number of esters is 1. The van der Waals surface area contributed by atoms with Crippen molar-refractivity contribution < 1.29 is 28.3 Å². The standard InChI is InChI=1S/C22H22N4O6/c1-3-31-18(27)16-14(23-20(29)24-17(16)13-8-5-4-6-9-13)12-26-19(28)22(2,25-21(26)30)15-10-7-11-32-15/h4-11,17H,3,12H2,1-2H3,(H,25,30)(H2,23,24,29). The van der Waals surface area contributed by atoms with Gasteiger partial charge in [-0.1, -0.05) is 30.3 Å². The first kappa shape index (κ1) is 21.2. The van der Waals surface area contributed by atoms with Crippen LogP contribution in [0.25, 0.3) is 0 Å². The molecule has 10 nitrogen and oxygen atoms in total. The molecule has 4 rings (SSSR count). The first-order chi connectivity index (χ1) is 15.3. The Hall–Kier alpha value is -4.08. The van der Waals surface area contributed by atoms with Gasteiger partial charge in [0.1, 0.15) is 5.76 Å². The number of amides is 5. The third kappa shape index (κ3) is 3.59. The Morgan fingerprint density at radius 1 is 1.16 bits per heavy atom. The molecule has 1 aromatic carbocycles. The first-order valence-corrected chi connectivity index (χ1v) is 10.1. The van der Waals surface area contributed by atoms with Gasteiger partial charge in [0.25, 0.3) is 5.91 Å². The molecule has 166 valence electrons. The van der Waals surface area contributed by atoms with Gasteiger partial charge >= 0.3 is 18.0 Å². The Morgan fingerprint density at radius 3 is 2.56 bits per heavy atom. The summed E-state index contributed by atoms with van der Waals surface area (Å²) in [6.07, 6.45) is 1.40. The summed E-state index contributed by atoms with van der Waals surface area (Å²) >= 11 is 0. The number of carbonyl (C=O) groups is 4. The van der Waals surface area contributed by atoms with E-state index in [0.29, 0.717) is 5.56 Å². The molecule has 5 amide bonds. The summed E-state index contributed by atoms with van der Waals surface area (Å²) in [6.45, 7) is 2.98. The van der Waals surface area contributed by atoms with Crippen LogP contribution in [0.2, 0.25) is 0 Å². The lowest BCUT2D eigenvalue weighted by Crippen LogP contribution is -2.49. The van der Waals surface area contributed by atoms with Gasteiger partial charge in [0.2, 0.25) is 0 Å². The van der Waals surface area contributed by atoms with Crippen molar-refractivity contribution in [2.24, 2.45) is 0 Å².